The number of halogens is 3. The topological polar surface area (TPSA) is 15.6 Å². The van der Waals surface area contributed by atoms with Crippen molar-refractivity contribution in [1.29, 1.82) is 0 Å². The molecule has 2 nitrogen and oxygen atoms in total. The van der Waals surface area contributed by atoms with E-state index in [1.807, 2.05) is 6.92 Å². The highest BCUT2D eigenvalue weighted by Crippen LogP contribution is 2.27. The van der Waals surface area contributed by atoms with Crippen molar-refractivity contribution in [2.75, 3.05) is 13.1 Å². The molecule has 0 amide bonds. The van der Waals surface area contributed by atoms with E-state index in [9.17, 15) is 13.2 Å². The Hall–Kier alpha value is -0.740. The zero-order valence-corrected chi connectivity index (χ0v) is 7.73. The smallest absolute Gasteiger partial charge is 0.296 e. The van der Waals surface area contributed by atoms with Crippen LogP contribution >= 0.6 is 0 Å². The summed E-state index contributed by atoms with van der Waals surface area (Å²) in [5, 5.41) is 5.05. The van der Waals surface area contributed by atoms with E-state index in [1.165, 1.54) is 5.01 Å². The Balaban J connectivity index is 2.68. The minimum absolute atomic E-state index is 0.392. The Morgan fingerprint density at radius 3 is 2.54 bits per heavy atom. The number of alkyl halides is 3. The third kappa shape index (κ3) is 2.35. The van der Waals surface area contributed by atoms with Crippen LogP contribution in [0.2, 0.25) is 0 Å². The molecule has 1 atom stereocenters. The molecule has 0 aromatic heterocycles. The van der Waals surface area contributed by atoms with Gasteiger partial charge < -0.3 is 0 Å². The van der Waals surface area contributed by atoms with Crippen LogP contribution in [0.25, 0.3) is 0 Å². The molecule has 0 N–H and O–H groups in total. The fourth-order valence-corrected chi connectivity index (χ4v) is 1.43. The summed E-state index contributed by atoms with van der Waals surface area (Å²) in [5.74, 6) is -0.494. The van der Waals surface area contributed by atoms with Gasteiger partial charge in [0, 0.05) is 19.0 Å². The van der Waals surface area contributed by atoms with Gasteiger partial charge in [0.2, 0.25) is 0 Å². The molecule has 0 bridgehead atoms. The molecule has 0 aromatic rings. The van der Waals surface area contributed by atoms with E-state index >= 15 is 0 Å². The van der Waals surface area contributed by atoms with E-state index < -0.39 is 17.8 Å². The van der Waals surface area contributed by atoms with Crippen LogP contribution in [-0.4, -0.2) is 30.0 Å². The molecule has 1 aliphatic rings. The van der Waals surface area contributed by atoms with Gasteiger partial charge >= 0.3 is 6.18 Å². The van der Waals surface area contributed by atoms with Crippen molar-refractivity contribution in [2.24, 2.45) is 11.0 Å². The molecule has 1 unspecified atom stereocenters. The number of hydrogen-bond donors (Lipinski definition) is 0. The molecule has 5 heteroatoms. The number of hydrogen-bond acceptors (Lipinski definition) is 2. The first-order valence-electron chi connectivity index (χ1n) is 4.35. The van der Waals surface area contributed by atoms with Gasteiger partial charge in [-0.3, -0.25) is 5.01 Å². The highest BCUT2D eigenvalue weighted by Gasteiger charge is 2.42. The third-order valence-corrected chi connectivity index (χ3v) is 1.97. The first kappa shape index (κ1) is 10.3. The van der Waals surface area contributed by atoms with E-state index in [0.29, 0.717) is 13.1 Å². The SMILES string of the molecule is CCCN1CC(C)C(C(F)(F)F)=N1. The molecule has 0 aliphatic carbocycles. The summed E-state index contributed by atoms with van der Waals surface area (Å²) in [6, 6.07) is 0. The van der Waals surface area contributed by atoms with Crippen molar-refractivity contribution >= 4 is 5.71 Å². The zero-order valence-electron chi connectivity index (χ0n) is 7.73. The molecule has 1 rings (SSSR count). The number of rotatable bonds is 2. The van der Waals surface area contributed by atoms with E-state index in [4.69, 9.17) is 0 Å². The van der Waals surface area contributed by atoms with Gasteiger partial charge in [-0.15, -0.1) is 0 Å². The maximum atomic E-state index is 12.3. The van der Waals surface area contributed by atoms with E-state index in [-0.39, 0.29) is 0 Å². The van der Waals surface area contributed by atoms with Crippen molar-refractivity contribution in [2.45, 2.75) is 26.4 Å². The second kappa shape index (κ2) is 3.55. The summed E-state index contributed by atoms with van der Waals surface area (Å²) >= 11 is 0. The fraction of sp³-hybridized carbons (Fsp3) is 0.875. The minimum atomic E-state index is -4.26. The van der Waals surface area contributed by atoms with Crippen molar-refractivity contribution in [3.8, 4) is 0 Å². The lowest BCUT2D eigenvalue weighted by atomic mass is 10.1. The molecular formula is C8H13F3N2. The molecule has 0 saturated heterocycles. The summed E-state index contributed by atoms with van der Waals surface area (Å²) in [6.07, 6.45) is -3.44. The van der Waals surface area contributed by atoms with Crippen LogP contribution in [-0.2, 0) is 0 Å². The first-order chi connectivity index (χ1) is 5.95. The minimum Gasteiger partial charge on any atom is -0.296 e. The van der Waals surface area contributed by atoms with Crippen LogP contribution in [0.15, 0.2) is 5.10 Å². The third-order valence-electron chi connectivity index (χ3n) is 1.97. The molecular weight excluding hydrogens is 181 g/mol. The van der Waals surface area contributed by atoms with Crippen molar-refractivity contribution in [1.82, 2.24) is 5.01 Å². The van der Waals surface area contributed by atoms with Crippen molar-refractivity contribution in [3.05, 3.63) is 0 Å². The van der Waals surface area contributed by atoms with Gasteiger partial charge in [-0.2, -0.15) is 18.3 Å². The Morgan fingerprint density at radius 2 is 2.15 bits per heavy atom. The van der Waals surface area contributed by atoms with E-state index in [2.05, 4.69) is 5.10 Å². The van der Waals surface area contributed by atoms with Crippen LogP contribution in [0.1, 0.15) is 20.3 Å². The lowest BCUT2D eigenvalue weighted by molar-refractivity contribution is -0.0617. The second-order valence-corrected chi connectivity index (χ2v) is 3.30. The van der Waals surface area contributed by atoms with Crippen LogP contribution in [0.4, 0.5) is 13.2 Å². The Morgan fingerprint density at radius 1 is 1.54 bits per heavy atom. The number of nitrogens with zero attached hydrogens (tertiary/aromatic N) is 2. The van der Waals surface area contributed by atoms with Crippen LogP contribution in [0, 0.1) is 5.92 Å². The Bertz CT molecular complexity index is 210. The molecule has 0 aromatic carbocycles. The highest BCUT2D eigenvalue weighted by molar-refractivity contribution is 5.92. The van der Waals surface area contributed by atoms with Crippen LogP contribution < -0.4 is 0 Å². The van der Waals surface area contributed by atoms with Crippen molar-refractivity contribution in [3.63, 3.8) is 0 Å². The lowest BCUT2D eigenvalue weighted by Crippen LogP contribution is -2.27. The summed E-state index contributed by atoms with van der Waals surface area (Å²) < 4.78 is 36.8. The Kier molecular flexibility index (Phi) is 2.83. The van der Waals surface area contributed by atoms with Gasteiger partial charge in [-0.25, -0.2) is 0 Å². The van der Waals surface area contributed by atoms with E-state index in [1.54, 1.807) is 6.92 Å². The van der Waals surface area contributed by atoms with Gasteiger partial charge in [0.15, 0.2) is 0 Å². The predicted octanol–water partition coefficient (Wildman–Crippen LogP) is 2.27. The molecule has 0 saturated carbocycles. The second-order valence-electron chi connectivity index (χ2n) is 3.30. The average Bonchev–Trinajstić information content (AvgIpc) is 2.30. The average molecular weight is 194 g/mol. The highest BCUT2D eigenvalue weighted by atomic mass is 19.4. The zero-order chi connectivity index (χ0) is 10.1. The number of hydrazone groups is 1. The molecule has 0 radical (unpaired) electrons. The van der Waals surface area contributed by atoms with Gasteiger partial charge in [0.25, 0.3) is 0 Å². The lowest BCUT2D eigenvalue weighted by Gasteiger charge is -2.11. The molecule has 0 spiro atoms. The maximum absolute atomic E-state index is 12.3. The van der Waals surface area contributed by atoms with Gasteiger partial charge in [-0.1, -0.05) is 13.8 Å². The first-order valence-corrected chi connectivity index (χ1v) is 4.35. The maximum Gasteiger partial charge on any atom is 0.431 e. The van der Waals surface area contributed by atoms with Crippen LogP contribution in [0.3, 0.4) is 0 Å². The standard InChI is InChI=1S/C8H13F3N2/c1-3-4-13-5-6(2)7(12-13)8(9,10)11/h6H,3-5H2,1-2H3. The van der Waals surface area contributed by atoms with Crippen molar-refractivity contribution < 1.29 is 13.2 Å². The van der Waals surface area contributed by atoms with Gasteiger partial charge in [0.05, 0.1) is 0 Å². The largest absolute Gasteiger partial charge is 0.431 e. The molecule has 1 heterocycles. The fourth-order valence-electron chi connectivity index (χ4n) is 1.43. The van der Waals surface area contributed by atoms with Gasteiger partial charge in [-0.05, 0) is 6.42 Å². The molecule has 0 fully saturated rings. The Labute approximate surface area is 75.4 Å². The summed E-state index contributed by atoms with van der Waals surface area (Å²) in [5.41, 5.74) is -0.638. The molecule has 1 aliphatic heterocycles. The van der Waals surface area contributed by atoms with Gasteiger partial charge in [0.1, 0.15) is 5.71 Å². The predicted molar refractivity (Wildman–Crippen MR) is 44.5 cm³/mol. The summed E-state index contributed by atoms with van der Waals surface area (Å²) in [6.45, 7) is 4.47. The molecule has 13 heavy (non-hydrogen) atoms. The monoisotopic (exact) mass is 194 g/mol. The quantitative estimate of drug-likeness (QED) is 0.658. The summed E-state index contributed by atoms with van der Waals surface area (Å²) in [4.78, 5) is 0. The molecule has 76 valence electrons. The summed E-state index contributed by atoms with van der Waals surface area (Å²) in [7, 11) is 0. The van der Waals surface area contributed by atoms with Crippen LogP contribution in [0.5, 0.6) is 0 Å². The normalized spacial score (nSPS) is 23.6. The van der Waals surface area contributed by atoms with E-state index in [0.717, 1.165) is 6.42 Å².